The first kappa shape index (κ1) is 8.41. The summed E-state index contributed by atoms with van der Waals surface area (Å²) < 4.78 is 0. The predicted octanol–water partition coefficient (Wildman–Crippen LogP) is -0.401. The lowest BCUT2D eigenvalue weighted by Gasteiger charge is -2.16. The summed E-state index contributed by atoms with van der Waals surface area (Å²) in [5.74, 6) is 1.11. The van der Waals surface area contributed by atoms with Gasteiger partial charge in [0.05, 0.1) is 0 Å². The Morgan fingerprint density at radius 3 is 2.43 bits per heavy atom. The molecule has 2 aliphatic heterocycles. The molecule has 3 fully saturated rings. The van der Waals surface area contributed by atoms with Crippen molar-refractivity contribution in [2.75, 3.05) is 13.1 Å². The molecule has 3 unspecified atom stereocenters. The number of carbonyl (C=O) groups is 2. The highest BCUT2D eigenvalue weighted by molar-refractivity contribution is 6.04. The highest BCUT2D eigenvalue weighted by atomic mass is 16.2. The molecule has 1 aliphatic carbocycles. The molecule has 3 aliphatic rings. The third-order valence-corrected chi connectivity index (χ3v) is 3.75. The Hall–Kier alpha value is -0.900. The van der Waals surface area contributed by atoms with Gasteiger partial charge in [-0.25, -0.2) is 0 Å². The minimum atomic E-state index is -0.0863. The fraction of sp³-hybridized carbons (Fsp3) is 0.800. The molecule has 1 saturated carbocycles. The third-order valence-electron chi connectivity index (χ3n) is 3.75. The van der Waals surface area contributed by atoms with Crippen LogP contribution in [-0.4, -0.2) is 35.8 Å². The van der Waals surface area contributed by atoms with Crippen molar-refractivity contribution < 1.29 is 9.59 Å². The Morgan fingerprint density at radius 2 is 1.93 bits per heavy atom. The quantitative estimate of drug-likeness (QED) is 0.578. The minimum Gasteiger partial charge on any atom is -0.316 e. The molecule has 0 spiro atoms. The second-order valence-corrected chi connectivity index (χ2v) is 4.68. The summed E-state index contributed by atoms with van der Waals surface area (Å²) in [5.41, 5.74) is 0. The summed E-state index contributed by atoms with van der Waals surface area (Å²) in [6.07, 6.45) is 0.419. The van der Waals surface area contributed by atoms with Crippen molar-refractivity contribution in [2.45, 2.75) is 19.4 Å². The second kappa shape index (κ2) is 2.57. The highest BCUT2D eigenvalue weighted by Gasteiger charge is 2.60. The molecular formula is C10H14N2O2. The van der Waals surface area contributed by atoms with Crippen LogP contribution in [0.15, 0.2) is 0 Å². The van der Waals surface area contributed by atoms with Crippen LogP contribution in [0.25, 0.3) is 0 Å². The molecule has 3 rings (SSSR count). The van der Waals surface area contributed by atoms with Gasteiger partial charge in [0.25, 0.3) is 0 Å². The molecule has 4 heteroatoms. The molecule has 0 aromatic carbocycles. The van der Waals surface area contributed by atoms with E-state index in [4.69, 9.17) is 0 Å². The van der Waals surface area contributed by atoms with Crippen molar-refractivity contribution in [2.24, 2.45) is 17.8 Å². The maximum Gasteiger partial charge on any atom is 0.232 e. The maximum absolute atomic E-state index is 11.7. The van der Waals surface area contributed by atoms with Gasteiger partial charge in [0.1, 0.15) is 0 Å². The number of likely N-dealkylation sites (tertiary alicyclic amines) is 1. The Labute approximate surface area is 82.6 Å². The van der Waals surface area contributed by atoms with Gasteiger partial charge >= 0.3 is 0 Å². The van der Waals surface area contributed by atoms with E-state index in [9.17, 15) is 9.59 Å². The molecule has 2 amide bonds. The Balaban J connectivity index is 1.80. The van der Waals surface area contributed by atoms with Gasteiger partial charge in [-0.2, -0.15) is 0 Å². The normalized spacial score (nSPS) is 45.9. The molecular weight excluding hydrogens is 180 g/mol. The van der Waals surface area contributed by atoms with E-state index in [0.717, 1.165) is 13.1 Å². The van der Waals surface area contributed by atoms with Gasteiger partial charge in [-0.3, -0.25) is 14.5 Å². The first-order valence-electron chi connectivity index (χ1n) is 5.27. The SMILES string of the molecule is CC1CC(=O)N(C2C3CNCC32)C1=O. The minimum absolute atomic E-state index is 0.0434. The summed E-state index contributed by atoms with van der Waals surface area (Å²) in [4.78, 5) is 24.8. The van der Waals surface area contributed by atoms with Crippen LogP contribution in [-0.2, 0) is 9.59 Å². The van der Waals surface area contributed by atoms with Crippen molar-refractivity contribution in [3.8, 4) is 0 Å². The standard InChI is InChI=1S/C10H14N2O2/c1-5-2-8(13)12(10(5)14)9-6-3-11-4-7(6)9/h5-7,9,11H,2-4H2,1H3. The lowest BCUT2D eigenvalue weighted by atomic mass is 10.1. The third kappa shape index (κ3) is 0.919. The van der Waals surface area contributed by atoms with Gasteiger partial charge in [-0.05, 0) is 11.8 Å². The number of hydrogen-bond donors (Lipinski definition) is 1. The molecule has 2 saturated heterocycles. The molecule has 0 aromatic rings. The van der Waals surface area contributed by atoms with E-state index in [1.54, 1.807) is 4.90 Å². The first-order chi connectivity index (χ1) is 6.70. The van der Waals surface area contributed by atoms with Crippen molar-refractivity contribution in [1.29, 1.82) is 0 Å². The van der Waals surface area contributed by atoms with E-state index in [-0.39, 0.29) is 23.8 Å². The zero-order valence-corrected chi connectivity index (χ0v) is 8.19. The predicted molar refractivity (Wildman–Crippen MR) is 49.3 cm³/mol. The van der Waals surface area contributed by atoms with Gasteiger partial charge in [0.2, 0.25) is 11.8 Å². The van der Waals surface area contributed by atoms with E-state index in [1.807, 2.05) is 6.92 Å². The van der Waals surface area contributed by atoms with Crippen molar-refractivity contribution >= 4 is 11.8 Å². The van der Waals surface area contributed by atoms with Crippen LogP contribution >= 0.6 is 0 Å². The average molecular weight is 194 g/mol. The lowest BCUT2D eigenvalue weighted by Crippen LogP contribution is -2.37. The molecule has 14 heavy (non-hydrogen) atoms. The number of carbonyl (C=O) groups excluding carboxylic acids is 2. The number of imide groups is 1. The molecule has 3 atom stereocenters. The summed E-state index contributed by atoms with van der Waals surface area (Å²) in [6.45, 7) is 3.79. The number of nitrogens with zero attached hydrogens (tertiary/aromatic N) is 1. The summed E-state index contributed by atoms with van der Waals surface area (Å²) in [7, 11) is 0. The first-order valence-corrected chi connectivity index (χ1v) is 5.27. The monoisotopic (exact) mass is 194 g/mol. The van der Waals surface area contributed by atoms with Crippen LogP contribution in [0.1, 0.15) is 13.3 Å². The largest absolute Gasteiger partial charge is 0.316 e. The van der Waals surface area contributed by atoms with E-state index < -0.39 is 0 Å². The van der Waals surface area contributed by atoms with Gasteiger partial charge < -0.3 is 5.32 Å². The molecule has 0 radical (unpaired) electrons. The maximum atomic E-state index is 11.7. The fourth-order valence-corrected chi connectivity index (χ4v) is 2.89. The molecule has 0 aromatic heterocycles. The number of hydrogen-bond acceptors (Lipinski definition) is 3. The van der Waals surface area contributed by atoms with Crippen LogP contribution in [0.5, 0.6) is 0 Å². The lowest BCUT2D eigenvalue weighted by molar-refractivity contribution is -0.140. The molecule has 2 heterocycles. The Kier molecular flexibility index (Phi) is 1.54. The molecule has 0 bridgehead atoms. The summed E-state index contributed by atoms with van der Waals surface area (Å²) in [6, 6.07) is 0.237. The smallest absolute Gasteiger partial charge is 0.232 e. The molecule has 4 nitrogen and oxygen atoms in total. The zero-order chi connectivity index (χ0) is 9.87. The topological polar surface area (TPSA) is 49.4 Å². The Morgan fingerprint density at radius 1 is 1.29 bits per heavy atom. The second-order valence-electron chi connectivity index (χ2n) is 4.68. The fourth-order valence-electron chi connectivity index (χ4n) is 2.89. The van der Waals surface area contributed by atoms with Crippen molar-refractivity contribution in [3.63, 3.8) is 0 Å². The van der Waals surface area contributed by atoms with Crippen LogP contribution < -0.4 is 5.32 Å². The average Bonchev–Trinajstić information content (AvgIpc) is 2.55. The van der Waals surface area contributed by atoms with Gasteiger partial charge in [0, 0.05) is 31.5 Å². The van der Waals surface area contributed by atoms with Gasteiger partial charge in [0.15, 0.2) is 0 Å². The van der Waals surface area contributed by atoms with Crippen molar-refractivity contribution in [3.05, 3.63) is 0 Å². The highest BCUT2D eigenvalue weighted by Crippen LogP contribution is 2.47. The van der Waals surface area contributed by atoms with Crippen LogP contribution in [0.4, 0.5) is 0 Å². The summed E-state index contributed by atoms with van der Waals surface area (Å²) in [5, 5.41) is 3.27. The van der Waals surface area contributed by atoms with E-state index in [1.165, 1.54) is 0 Å². The number of nitrogens with one attached hydrogen (secondary N) is 1. The van der Waals surface area contributed by atoms with Crippen LogP contribution in [0.3, 0.4) is 0 Å². The van der Waals surface area contributed by atoms with Crippen LogP contribution in [0.2, 0.25) is 0 Å². The van der Waals surface area contributed by atoms with Crippen molar-refractivity contribution in [1.82, 2.24) is 10.2 Å². The van der Waals surface area contributed by atoms with Gasteiger partial charge in [-0.1, -0.05) is 6.92 Å². The molecule has 1 N–H and O–H groups in total. The summed E-state index contributed by atoms with van der Waals surface area (Å²) >= 11 is 0. The number of amides is 2. The molecule has 76 valence electrons. The van der Waals surface area contributed by atoms with Crippen LogP contribution in [0, 0.1) is 17.8 Å². The zero-order valence-electron chi connectivity index (χ0n) is 8.19. The number of fused-ring (bicyclic) bond motifs is 1. The Bertz CT molecular complexity index is 305. The van der Waals surface area contributed by atoms with E-state index >= 15 is 0 Å². The van der Waals surface area contributed by atoms with Gasteiger partial charge in [-0.15, -0.1) is 0 Å². The number of piperidine rings is 1. The van der Waals surface area contributed by atoms with E-state index in [0.29, 0.717) is 18.3 Å². The number of rotatable bonds is 1. The van der Waals surface area contributed by atoms with E-state index in [2.05, 4.69) is 5.32 Å².